The number of hydrogen-bond acceptors (Lipinski definition) is 3. The molecule has 0 fully saturated rings. The Balaban J connectivity index is 1.81. The van der Waals surface area contributed by atoms with Crippen LogP contribution in [-0.4, -0.2) is 32.5 Å². The minimum Gasteiger partial charge on any atom is -0.322 e. The molecule has 202 valence electrons. The predicted octanol–water partition coefficient (Wildman–Crippen LogP) is 6.25. The molecule has 0 aliphatic rings. The van der Waals surface area contributed by atoms with Gasteiger partial charge in [0.1, 0.15) is 14.1 Å². The maximum absolute atomic E-state index is 13.3. The van der Waals surface area contributed by atoms with Gasteiger partial charge in [0.2, 0.25) is 5.91 Å². The SMILES string of the molecule is [B]c1ccc(C(C=O)Cc2ccc(NC(=O)c3c(C)cccc3Cl)cc2)cc1N(CC(C)C)C(=O)C(C)(C)C. The molecule has 7 heteroatoms. The van der Waals surface area contributed by atoms with Crippen LogP contribution in [0.4, 0.5) is 11.4 Å². The Kier molecular flexibility index (Phi) is 9.79. The largest absolute Gasteiger partial charge is 0.322 e. The molecule has 2 radical (unpaired) electrons. The first-order valence-corrected chi connectivity index (χ1v) is 13.5. The molecule has 1 N–H and O–H groups in total. The Hall–Kier alpha value is -3.38. The van der Waals surface area contributed by atoms with Crippen molar-refractivity contribution in [2.75, 3.05) is 16.8 Å². The van der Waals surface area contributed by atoms with Crippen molar-refractivity contribution in [1.82, 2.24) is 0 Å². The number of anilines is 2. The number of halogens is 1. The molecular formula is C32H36BClN2O3. The van der Waals surface area contributed by atoms with Crippen LogP contribution in [0.1, 0.15) is 67.6 Å². The van der Waals surface area contributed by atoms with Crippen LogP contribution < -0.4 is 15.7 Å². The Morgan fingerprint density at radius 2 is 1.72 bits per heavy atom. The van der Waals surface area contributed by atoms with E-state index < -0.39 is 11.3 Å². The van der Waals surface area contributed by atoms with Crippen molar-refractivity contribution < 1.29 is 14.4 Å². The quantitative estimate of drug-likeness (QED) is 0.256. The van der Waals surface area contributed by atoms with Gasteiger partial charge in [-0.15, -0.1) is 0 Å². The highest BCUT2D eigenvalue weighted by molar-refractivity contribution is 6.36. The number of benzene rings is 3. The zero-order valence-electron chi connectivity index (χ0n) is 23.5. The third-order valence-corrected chi connectivity index (χ3v) is 6.80. The van der Waals surface area contributed by atoms with E-state index in [0.29, 0.717) is 40.4 Å². The van der Waals surface area contributed by atoms with E-state index in [1.54, 1.807) is 23.1 Å². The minimum atomic E-state index is -0.580. The van der Waals surface area contributed by atoms with Gasteiger partial charge in [-0.25, -0.2) is 0 Å². The highest BCUT2D eigenvalue weighted by Crippen LogP contribution is 2.28. The number of carbonyl (C=O) groups is 3. The zero-order valence-corrected chi connectivity index (χ0v) is 24.3. The highest BCUT2D eigenvalue weighted by atomic mass is 35.5. The molecular weight excluding hydrogens is 507 g/mol. The molecule has 2 amide bonds. The van der Waals surface area contributed by atoms with Gasteiger partial charge in [0.25, 0.3) is 5.91 Å². The van der Waals surface area contributed by atoms with Crippen LogP contribution in [0.2, 0.25) is 5.02 Å². The molecule has 39 heavy (non-hydrogen) atoms. The Bertz CT molecular complexity index is 1330. The second-order valence-electron chi connectivity index (χ2n) is 11.4. The molecule has 3 aromatic rings. The van der Waals surface area contributed by atoms with E-state index in [1.165, 1.54) is 0 Å². The summed E-state index contributed by atoms with van der Waals surface area (Å²) in [4.78, 5) is 40.0. The number of aldehydes is 1. The monoisotopic (exact) mass is 542 g/mol. The maximum Gasteiger partial charge on any atom is 0.257 e. The summed E-state index contributed by atoms with van der Waals surface area (Å²) in [5, 5.41) is 3.29. The van der Waals surface area contributed by atoms with Crippen LogP contribution in [0.25, 0.3) is 0 Å². The average molecular weight is 543 g/mol. The predicted molar refractivity (Wildman–Crippen MR) is 162 cm³/mol. The van der Waals surface area contributed by atoms with E-state index in [0.717, 1.165) is 23.0 Å². The Morgan fingerprint density at radius 1 is 1.05 bits per heavy atom. The molecule has 3 aromatic carbocycles. The zero-order chi connectivity index (χ0) is 28.9. The van der Waals surface area contributed by atoms with Crippen LogP contribution in [0.5, 0.6) is 0 Å². The first-order valence-electron chi connectivity index (χ1n) is 13.1. The lowest BCUT2D eigenvalue weighted by molar-refractivity contribution is -0.125. The standard InChI is InChI=1S/C32H36BClN2O3/c1-20(2)18-36(31(39)32(4,5)6)28-17-23(12-15-26(28)33)24(19-37)16-22-10-13-25(14-11-22)35-30(38)29-21(3)8-7-9-27(29)34/h7-15,17,19-20,24H,16,18H2,1-6H3,(H,35,38). The fourth-order valence-electron chi connectivity index (χ4n) is 4.42. The number of nitrogens with one attached hydrogen (secondary N) is 1. The number of hydrogen-bond donors (Lipinski definition) is 1. The summed E-state index contributed by atoms with van der Waals surface area (Å²) in [7, 11) is 6.33. The first kappa shape index (κ1) is 30.2. The van der Waals surface area contributed by atoms with Crippen molar-refractivity contribution in [1.29, 1.82) is 0 Å². The van der Waals surface area contributed by atoms with Gasteiger partial charge in [-0.05, 0) is 60.2 Å². The number of carbonyl (C=O) groups excluding carboxylic acids is 3. The number of nitrogens with zero attached hydrogens (tertiary/aromatic N) is 1. The number of amides is 2. The lowest BCUT2D eigenvalue weighted by atomic mass is 9.86. The van der Waals surface area contributed by atoms with Gasteiger partial charge in [-0.1, -0.05) is 88.1 Å². The van der Waals surface area contributed by atoms with Gasteiger partial charge in [0.15, 0.2) is 0 Å². The van der Waals surface area contributed by atoms with Gasteiger partial charge in [-0.3, -0.25) is 9.59 Å². The van der Waals surface area contributed by atoms with Gasteiger partial charge < -0.3 is 15.0 Å². The molecule has 0 bridgehead atoms. The van der Waals surface area contributed by atoms with E-state index in [4.69, 9.17) is 19.4 Å². The van der Waals surface area contributed by atoms with Gasteiger partial charge in [0, 0.05) is 29.3 Å². The van der Waals surface area contributed by atoms with E-state index in [2.05, 4.69) is 19.2 Å². The minimum absolute atomic E-state index is 0.0210. The number of aryl methyl sites for hydroxylation is 1. The van der Waals surface area contributed by atoms with Gasteiger partial charge >= 0.3 is 0 Å². The van der Waals surface area contributed by atoms with Crippen molar-refractivity contribution >= 4 is 54.4 Å². The van der Waals surface area contributed by atoms with E-state index in [1.807, 2.05) is 70.2 Å². The van der Waals surface area contributed by atoms with Crippen molar-refractivity contribution in [3.05, 3.63) is 87.9 Å². The second-order valence-corrected chi connectivity index (χ2v) is 11.8. The lowest BCUT2D eigenvalue weighted by Crippen LogP contribution is -2.43. The molecule has 0 aromatic heterocycles. The summed E-state index contributed by atoms with van der Waals surface area (Å²) < 4.78 is 0. The molecule has 0 spiro atoms. The third-order valence-electron chi connectivity index (χ3n) is 6.49. The topological polar surface area (TPSA) is 66.5 Å². The van der Waals surface area contributed by atoms with Crippen molar-refractivity contribution in [2.24, 2.45) is 11.3 Å². The summed E-state index contributed by atoms with van der Waals surface area (Å²) in [5.74, 6) is -0.489. The summed E-state index contributed by atoms with van der Waals surface area (Å²) in [6.07, 6.45) is 1.38. The second kappa shape index (κ2) is 12.7. The molecule has 0 aliphatic heterocycles. The van der Waals surface area contributed by atoms with E-state index in [-0.39, 0.29) is 17.7 Å². The van der Waals surface area contributed by atoms with Gasteiger partial charge in [0.05, 0.1) is 10.6 Å². The molecule has 1 unspecified atom stereocenters. The van der Waals surface area contributed by atoms with Crippen LogP contribution in [0.3, 0.4) is 0 Å². The molecule has 5 nitrogen and oxygen atoms in total. The fourth-order valence-corrected chi connectivity index (χ4v) is 4.73. The van der Waals surface area contributed by atoms with E-state index >= 15 is 0 Å². The van der Waals surface area contributed by atoms with Crippen molar-refractivity contribution in [3.63, 3.8) is 0 Å². The normalized spacial score (nSPS) is 12.2. The first-order chi connectivity index (χ1) is 18.3. The van der Waals surface area contributed by atoms with Crippen LogP contribution in [0.15, 0.2) is 60.7 Å². The summed E-state index contributed by atoms with van der Waals surface area (Å²) >= 11 is 6.23. The Labute approximate surface area is 238 Å². The molecule has 0 heterocycles. The molecule has 0 saturated carbocycles. The smallest absolute Gasteiger partial charge is 0.257 e. The molecule has 0 saturated heterocycles. The average Bonchev–Trinajstić information content (AvgIpc) is 2.86. The van der Waals surface area contributed by atoms with Crippen LogP contribution >= 0.6 is 11.6 Å². The van der Waals surface area contributed by atoms with Crippen LogP contribution in [0, 0.1) is 18.3 Å². The summed E-state index contributed by atoms with van der Waals surface area (Å²) in [6.45, 7) is 12.1. The van der Waals surface area contributed by atoms with Gasteiger partial charge in [-0.2, -0.15) is 0 Å². The van der Waals surface area contributed by atoms with Crippen LogP contribution in [-0.2, 0) is 16.0 Å². The van der Waals surface area contributed by atoms with E-state index in [9.17, 15) is 14.4 Å². The fraction of sp³-hybridized carbons (Fsp3) is 0.344. The van der Waals surface area contributed by atoms with Crippen molar-refractivity contribution in [3.8, 4) is 0 Å². The third kappa shape index (κ3) is 7.60. The molecule has 1 atom stereocenters. The number of rotatable bonds is 9. The molecule has 0 aliphatic carbocycles. The van der Waals surface area contributed by atoms with Crippen molar-refractivity contribution in [2.45, 2.75) is 53.9 Å². The lowest BCUT2D eigenvalue weighted by Gasteiger charge is -2.32. The summed E-state index contributed by atoms with van der Waals surface area (Å²) in [5.41, 5.74) is 4.13. The molecule has 3 rings (SSSR count). The maximum atomic E-state index is 13.3. The highest BCUT2D eigenvalue weighted by Gasteiger charge is 2.30. The summed E-state index contributed by atoms with van der Waals surface area (Å²) in [6, 6.07) is 18.2. The Morgan fingerprint density at radius 3 is 2.28 bits per heavy atom.